The van der Waals surface area contributed by atoms with Gasteiger partial charge in [-0.05, 0) is 44.0 Å². The summed E-state index contributed by atoms with van der Waals surface area (Å²) in [6.07, 6.45) is 7.11. The predicted molar refractivity (Wildman–Crippen MR) is 108 cm³/mol. The molecule has 2 amide bonds. The number of rotatable bonds is 6. The minimum absolute atomic E-state index is 0.0985. The number of hydrogen-bond acceptors (Lipinski definition) is 4. The average molecular weight is 399 g/mol. The Balaban J connectivity index is 1.67. The molecule has 1 N–H and O–H groups in total. The largest absolute Gasteiger partial charge is 0.463 e. The molecule has 156 valence electrons. The van der Waals surface area contributed by atoms with E-state index in [1.165, 1.54) is 6.42 Å². The lowest BCUT2D eigenvalue weighted by Gasteiger charge is -2.45. The fourth-order valence-electron chi connectivity index (χ4n) is 4.53. The van der Waals surface area contributed by atoms with Gasteiger partial charge in [-0.3, -0.25) is 9.59 Å². The highest BCUT2D eigenvalue weighted by molar-refractivity contribution is 6.00. The van der Waals surface area contributed by atoms with Crippen LogP contribution in [0.15, 0.2) is 34.9 Å². The van der Waals surface area contributed by atoms with Gasteiger partial charge in [0.1, 0.15) is 17.0 Å². The van der Waals surface area contributed by atoms with Crippen molar-refractivity contribution in [2.75, 3.05) is 20.3 Å². The Morgan fingerprint density at radius 3 is 2.69 bits per heavy atom. The molecule has 7 nitrogen and oxygen atoms in total. The number of carbonyl (C=O) groups excluding carboxylic acids is 2. The summed E-state index contributed by atoms with van der Waals surface area (Å²) in [5.41, 5.74) is 0.373. The number of nitrogens with zero attached hydrogens (tertiary/aromatic N) is 2. The number of aromatic nitrogens is 1. The van der Waals surface area contributed by atoms with Gasteiger partial charge < -0.3 is 23.9 Å². The normalized spacial score (nSPS) is 22.6. The second-order valence-corrected chi connectivity index (χ2v) is 8.20. The van der Waals surface area contributed by atoms with Crippen LogP contribution < -0.4 is 5.32 Å². The molecule has 0 spiro atoms. The second kappa shape index (κ2) is 8.06. The standard InChI is InChI=1S/C22H29N3O4/c1-22(21(27)23-16-7-4-3-5-8-16)15-24-17(19-9-6-13-29-19)10-11-18(24)20(26)25(22)12-14-28-2/h6,9-11,13,16H,3-5,7-8,12,14-15H2,1-2H3,(H,23,27). The van der Waals surface area contributed by atoms with Crippen LogP contribution in [0.2, 0.25) is 0 Å². The average Bonchev–Trinajstić information content (AvgIpc) is 3.38. The maximum absolute atomic E-state index is 13.5. The highest BCUT2D eigenvalue weighted by atomic mass is 16.5. The molecule has 2 aliphatic rings. The molecule has 1 aliphatic heterocycles. The Morgan fingerprint density at radius 2 is 2.00 bits per heavy atom. The van der Waals surface area contributed by atoms with E-state index >= 15 is 0 Å². The zero-order valence-electron chi connectivity index (χ0n) is 17.1. The van der Waals surface area contributed by atoms with Crippen LogP contribution in [-0.4, -0.2) is 53.1 Å². The summed E-state index contributed by atoms with van der Waals surface area (Å²) in [5.74, 6) is 0.426. The summed E-state index contributed by atoms with van der Waals surface area (Å²) in [6, 6.07) is 7.55. The van der Waals surface area contributed by atoms with Gasteiger partial charge in [0.2, 0.25) is 5.91 Å². The molecule has 0 saturated heterocycles. The first-order chi connectivity index (χ1) is 14.0. The highest BCUT2D eigenvalue weighted by Gasteiger charge is 2.48. The first-order valence-electron chi connectivity index (χ1n) is 10.4. The van der Waals surface area contributed by atoms with E-state index < -0.39 is 5.54 Å². The first kappa shape index (κ1) is 19.8. The van der Waals surface area contributed by atoms with Crippen LogP contribution in [0.5, 0.6) is 0 Å². The molecule has 0 bridgehead atoms. The van der Waals surface area contributed by atoms with Crippen molar-refractivity contribution in [2.45, 2.75) is 57.2 Å². The lowest BCUT2D eigenvalue weighted by Crippen LogP contribution is -2.65. The van der Waals surface area contributed by atoms with Gasteiger partial charge >= 0.3 is 0 Å². The Bertz CT molecular complexity index is 867. The molecule has 0 aromatic carbocycles. The van der Waals surface area contributed by atoms with Crippen molar-refractivity contribution < 1.29 is 18.7 Å². The van der Waals surface area contributed by atoms with Crippen LogP contribution >= 0.6 is 0 Å². The third-order valence-corrected chi connectivity index (χ3v) is 6.23. The molecule has 1 unspecified atom stereocenters. The lowest BCUT2D eigenvalue weighted by atomic mass is 9.91. The monoisotopic (exact) mass is 399 g/mol. The van der Waals surface area contributed by atoms with Crippen LogP contribution in [0.25, 0.3) is 11.5 Å². The van der Waals surface area contributed by atoms with Crippen molar-refractivity contribution in [1.82, 2.24) is 14.8 Å². The molecule has 0 radical (unpaired) electrons. The van der Waals surface area contributed by atoms with Gasteiger partial charge in [-0.25, -0.2) is 0 Å². The quantitative estimate of drug-likeness (QED) is 0.810. The highest BCUT2D eigenvalue weighted by Crippen LogP contribution is 2.33. The summed E-state index contributed by atoms with van der Waals surface area (Å²) < 4.78 is 12.7. The fourth-order valence-corrected chi connectivity index (χ4v) is 4.53. The number of ether oxygens (including phenoxy) is 1. The number of amides is 2. The van der Waals surface area contributed by atoms with Crippen molar-refractivity contribution in [2.24, 2.45) is 0 Å². The van der Waals surface area contributed by atoms with Gasteiger partial charge in [-0.15, -0.1) is 0 Å². The van der Waals surface area contributed by atoms with E-state index in [2.05, 4.69) is 5.32 Å². The predicted octanol–water partition coefficient (Wildman–Crippen LogP) is 3.06. The molecule has 3 heterocycles. The molecule has 4 rings (SSSR count). The maximum atomic E-state index is 13.5. The maximum Gasteiger partial charge on any atom is 0.271 e. The van der Waals surface area contributed by atoms with Crippen LogP contribution in [0.1, 0.15) is 49.5 Å². The topological polar surface area (TPSA) is 76.7 Å². The smallest absolute Gasteiger partial charge is 0.271 e. The number of carbonyl (C=O) groups is 2. The first-order valence-corrected chi connectivity index (χ1v) is 10.4. The molecule has 2 aromatic heterocycles. The molecular weight excluding hydrogens is 370 g/mol. The zero-order valence-corrected chi connectivity index (χ0v) is 17.1. The number of methoxy groups -OCH3 is 1. The van der Waals surface area contributed by atoms with Gasteiger partial charge in [-0.2, -0.15) is 0 Å². The van der Waals surface area contributed by atoms with Gasteiger partial charge in [0.05, 0.1) is 25.1 Å². The summed E-state index contributed by atoms with van der Waals surface area (Å²) in [5, 5.41) is 3.22. The summed E-state index contributed by atoms with van der Waals surface area (Å²) in [4.78, 5) is 28.5. The van der Waals surface area contributed by atoms with E-state index in [1.807, 2.05) is 29.7 Å². The number of fused-ring (bicyclic) bond motifs is 1. The van der Waals surface area contributed by atoms with Crippen molar-refractivity contribution in [3.8, 4) is 11.5 Å². The van der Waals surface area contributed by atoms with Crippen LogP contribution in [0.4, 0.5) is 0 Å². The molecule has 1 aliphatic carbocycles. The number of hydrogen-bond donors (Lipinski definition) is 1. The van der Waals surface area contributed by atoms with E-state index in [0.29, 0.717) is 31.2 Å². The van der Waals surface area contributed by atoms with Crippen molar-refractivity contribution in [1.29, 1.82) is 0 Å². The molecular formula is C22H29N3O4. The van der Waals surface area contributed by atoms with E-state index in [9.17, 15) is 9.59 Å². The van der Waals surface area contributed by atoms with E-state index in [4.69, 9.17) is 9.15 Å². The molecule has 1 fully saturated rings. The van der Waals surface area contributed by atoms with Crippen molar-refractivity contribution >= 4 is 11.8 Å². The Hall–Kier alpha value is -2.54. The van der Waals surface area contributed by atoms with Crippen LogP contribution in [0, 0.1) is 0 Å². The Morgan fingerprint density at radius 1 is 1.24 bits per heavy atom. The van der Waals surface area contributed by atoms with E-state index in [0.717, 1.165) is 31.4 Å². The lowest BCUT2D eigenvalue weighted by molar-refractivity contribution is -0.134. The minimum Gasteiger partial charge on any atom is -0.463 e. The van der Waals surface area contributed by atoms with E-state index in [1.54, 1.807) is 24.3 Å². The van der Waals surface area contributed by atoms with Crippen LogP contribution in [0.3, 0.4) is 0 Å². The van der Waals surface area contributed by atoms with Crippen molar-refractivity contribution in [3.63, 3.8) is 0 Å². The molecule has 29 heavy (non-hydrogen) atoms. The number of nitrogens with one attached hydrogen (secondary N) is 1. The third kappa shape index (κ3) is 3.59. The number of furan rings is 1. The minimum atomic E-state index is -1.000. The van der Waals surface area contributed by atoms with Crippen LogP contribution in [-0.2, 0) is 16.1 Å². The molecule has 7 heteroatoms. The SMILES string of the molecule is COCCN1C(=O)c2ccc(-c3ccco3)n2CC1(C)C(=O)NC1CCCCC1. The fraction of sp³-hybridized carbons (Fsp3) is 0.545. The molecule has 1 saturated carbocycles. The van der Waals surface area contributed by atoms with Gasteiger partial charge in [-0.1, -0.05) is 19.3 Å². The third-order valence-electron chi connectivity index (χ3n) is 6.23. The molecule has 2 aromatic rings. The van der Waals surface area contributed by atoms with E-state index in [-0.39, 0.29) is 17.9 Å². The summed E-state index contributed by atoms with van der Waals surface area (Å²) >= 11 is 0. The van der Waals surface area contributed by atoms with Gasteiger partial charge in [0.15, 0.2) is 0 Å². The second-order valence-electron chi connectivity index (χ2n) is 8.20. The Labute approximate surface area is 171 Å². The zero-order chi connectivity index (χ0) is 20.4. The summed E-state index contributed by atoms with van der Waals surface area (Å²) in [7, 11) is 1.60. The van der Waals surface area contributed by atoms with Crippen molar-refractivity contribution in [3.05, 3.63) is 36.2 Å². The Kier molecular flexibility index (Phi) is 5.50. The summed E-state index contributed by atoms with van der Waals surface area (Å²) in [6.45, 7) is 2.97. The molecule has 1 atom stereocenters. The van der Waals surface area contributed by atoms with Gasteiger partial charge in [0.25, 0.3) is 5.91 Å². The van der Waals surface area contributed by atoms with Gasteiger partial charge in [0, 0.05) is 19.7 Å².